The molecule has 0 spiro atoms. The number of ether oxygens (including phenoxy) is 1. The molecule has 0 aliphatic heterocycles. The summed E-state index contributed by atoms with van der Waals surface area (Å²) in [5.41, 5.74) is 1.89. The number of carbonyl (C=O) groups excluding carboxylic acids is 2. The third-order valence-corrected chi connectivity index (χ3v) is 3.67. The number of nitrogens with one attached hydrogen (secondary N) is 3. The molecule has 25 heavy (non-hydrogen) atoms. The maximum Gasteiger partial charge on any atom is 0.408 e. The first-order valence-corrected chi connectivity index (χ1v) is 8.73. The molecule has 1 aromatic rings. The number of pyridine rings is 1. The number of aromatic nitrogens is 1. The standard InChI is InChI=1S/C18H28N4O3/c1-6-19-14-9-13(12-7-8-12)20-10-15(14)22-16(23)11(2)21-17(24)25-18(3,4)5/h9-12H,6-8H2,1-5H3,(H,19,20)(H,21,24)(H,22,23). The van der Waals surface area contributed by atoms with Crippen molar-refractivity contribution in [2.75, 3.05) is 17.2 Å². The van der Waals surface area contributed by atoms with Crippen LogP contribution in [0.3, 0.4) is 0 Å². The van der Waals surface area contributed by atoms with Crippen LogP contribution in [0.5, 0.6) is 0 Å². The molecule has 2 rings (SSSR count). The van der Waals surface area contributed by atoms with Crippen LogP contribution >= 0.6 is 0 Å². The molecule has 1 unspecified atom stereocenters. The predicted molar refractivity (Wildman–Crippen MR) is 97.8 cm³/mol. The van der Waals surface area contributed by atoms with Crippen LogP contribution in [0.4, 0.5) is 16.2 Å². The molecule has 0 saturated heterocycles. The van der Waals surface area contributed by atoms with Crippen LogP contribution < -0.4 is 16.0 Å². The zero-order valence-corrected chi connectivity index (χ0v) is 15.6. The minimum absolute atomic E-state index is 0.328. The van der Waals surface area contributed by atoms with Crippen molar-refractivity contribution in [3.8, 4) is 0 Å². The number of rotatable bonds is 6. The lowest BCUT2D eigenvalue weighted by Gasteiger charge is -2.22. The highest BCUT2D eigenvalue weighted by atomic mass is 16.6. The summed E-state index contributed by atoms with van der Waals surface area (Å²) in [6.45, 7) is 9.66. The summed E-state index contributed by atoms with van der Waals surface area (Å²) >= 11 is 0. The minimum Gasteiger partial charge on any atom is -0.444 e. The van der Waals surface area contributed by atoms with Crippen molar-refractivity contribution in [3.05, 3.63) is 18.0 Å². The summed E-state index contributed by atoms with van der Waals surface area (Å²) in [7, 11) is 0. The van der Waals surface area contributed by atoms with Crippen LogP contribution in [-0.2, 0) is 9.53 Å². The van der Waals surface area contributed by atoms with Gasteiger partial charge in [0, 0.05) is 18.2 Å². The fourth-order valence-electron chi connectivity index (χ4n) is 2.30. The number of hydrogen-bond donors (Lipinski definition) is 3. The van der Waals surface area contributed by atoms with E-state index in [2.05, 4.69) is 20.9 Å². The molecule has 3 N–H and O–H groups in total. The SMILES string of the molecule is CCNc1cc(C2CC2)ncc1NC(=O)C(C)NC(=O)OC(C)(C)C. The van der Waals surface area contributed by atoms with Gasteiger partial charge < -0.3 is 20.7 Å². The van der Waals surface area contributed by atoms with Gasteiger partial charge in [-0.15, -0.1) is 0 Å². The second-order valence-corrected chi connectivity index (χ2v) is 7.32. The van der Waals surface area contributed by atoms with Gasteiger partial charge in [-0.2, -0.15) is 0 Å². The second-order valence-electron chi connectivity index (χ2n) is 7.32. The molecule has 7 heteroatoms. The van der Waals surface area contributed by atoms with Gasteiger partial charge in [-0.05, 0) is 53.5 Å². The van der Waals surface area contributed by atoms with Gasteiger partial charge in [-0.1, -0.05) is 0 Å². The fraction of sp³-hybridized carbons (Fsp3) is 0.611. The molecule has 1 fully saturated rings. The maximum atomic E-state index is 12.4. The molecule has 7 nitrogen and oxygen atoms in total. The molecule has 0 bridgehead atoms. The molecule has 0 aromatic carbocycles. The van der Waals surface area contributed by atoms with Crippen LogP contribution in [0, 0.1) is 0 Å². The lowest BCUT2D eigenvalue weighted by Crippen LogP contribution is -2.44. The van der Waals surface area contributed by atoms with E-state index in [0.29, 0.717) is 11.6 Å². The van der Waals surface area contributed by atoms with E-state index in [-0.39, 0.29) is 5.91 Å². The first-order chi connectivity index (χ1) is 11.7. The van der Waals surface area contributed by atoms with Crippen molar-refractivity contribution in [1.29, 1.82) is 0 Å². The van der Waals surface area contributed by atoms with Gasteiger partial charge in [-0.3, -0.25) is 9.78 Å². The Balaban J connectivity index is 2.00. The van der Waals surface area contributed by atoms with E-state index in [0.717, 1.165) is 17.9 Å². The van der Waals surface area contributed by atoms with Gasteiger partial charge in [0.05, 0.1) is 17.6 Å². The first-order valence-electron chi connectivity index (χ1n) is 8.73. The fourth-order valence-corrected chi connectivity index (χ4v) is 2.30. The highest BCUT2D eigenvalue weighted by Gasteiger charge is 2.26. The van der Waals surface area contributed by atoms with Gasteiger partial charge >= 0.3 is 6.09 Å². The summed E-state index contributed by atoms with van der Waals surface area (Å²) in [6, 6.07) is 1.26. The molecule has 2 amide bonds. The molecule has 1 aromatic heterocycles. The molecule has 0 radical (unpaired) electrons. The number of alkyl carbamates (subject to hydrolysis) is 1. The molecule has 138 valence electrons. The quantitative estimate of drug-likeness (QED) is 0.734. The van der Waals surface area contributed by atoms with Crippen molar-refractivity contribution < 1.29 is 14.3 Å². The average Bonchev–Trinajstić information content (AvgIpc) is 3.31. The van der Waals surface area contributed by atoms with E-state index >= 15 is 0 Å². The van der Waals surface area contributed by atoms with E-state index < -0.39 is 17.7 Å². The van der Waals surface area contributed by atoms with Crippen LogP contribution in [0.2, 0.25) is 0 Å². The van der Waals surface area contributed by atoms with E-state index in [1.807, 2.05) is 13.0 Å². The van der Waals surface area contributed by atoms with Crippen molar-refractivity contribution in [1.82, 2.24) is 10.3 Å². The van der Waals surface area contributed by atoms with Crippen LogP contribution in [0.15, 0.2) is 12.3 Å². The third kappa shape index (κ3) is 5.92. The molecule has 1 atom stereocenters. The van der Waals surface area contributed by atoms with Gasteiger partial charge in [0.25, 0.3) is 0 Å². The highest BCUT2D eigenvalue weighted by Crippen LogP contribution is 2.40. The number of carbonyl (C=O) groups is 2. The summed E-state index contributed by atoms with van der Waals surface area (Å²) in [5.74, 6) is 0.209. The van der Waals surface area contributed by atoms with Crippen LogP contribution in [0.1, 0.15) is 59.1 Å². The van der Waals surface area contributed by atoms with Crippen molar-refractivity contribution >= 4 is 23.4 Å². The van der Waals surface area contributed by atoms with Gasteiger partial charge in [0.2, 0.25) is 5.91 Å². The average molecular weight is 348 g/mol. The monoisotopic (exact) mass is 348 g/mol. The van der Waals surface area contributed by atoms with E-state index in [1.165, 1.54) is 12.8 Å². The number of hydrogen-bond acceptors (Lipinski definition) is 5. The van der Waals surface area contributed by atoms with Crippen molar-refractivity contribution in [2.24, 2.45) is 0 Å². The number of nitrogens with zero attached hydrogens (tertiary/aromatic N) is 1. The Hall–Kier alpha value is -2.31. The summed E-state index contributed by atoms with van der Waals surface area (Å²) in [5, 5.41) is 8.60. The Morgan fingerprint density at radius 1 is 1.32 bits per heavy atom. The van der Waals surface area contributed by atoms with E-state index in [9.17, 15) is 9.59 Å². The highest BCUT2D eigenvalue weighted by molar-refractivity contribution is 5.98. The molecule has 1 saturated carbocycles. The Bertz CT molecular complexity index is 636. The summed E-state index contributed by atoms with van der Waals surface area (Å²) in [4.78, 5) is 28.6. The topological polar surface area (TPSA) is 92.4 Å². The third-order valence-electron chi connectivity index (χ3n) is 3.67. The molecule has 1 aliphatic rings. The molecular weight excluding hydrogens is 320 g/mol. The first kappa shape index (κ1) is 19.0. The molecule has 1 aliphatic carbocycles. The predicted octanol–water partition coefficient (Wildman–Crippen LogP) is 3.24. The zero-order chi connectivity index (χ0) is 18.6. The molecule has 1 heterocycles. The van der Waals surface area contributed by atoms with Crippen LogP contribution in [-0.4, -0.2) is 35.2 Å². The minimum atomic E-state index is -0.729. The zero-order valence-electron chi connectivity index (χ0n) is 15.6. The van der Waals surface area contributed by atoms with E-state index in [4.69, 9.17) is 4.74 Å². The normalized spacial score (nSPS) is 15.2. The second kappa shape index (κ2) is 7.72. The lowest BCUT2D eigenvalue weighted by molar-refractivity contribution is -0.117. The largest absolute Gasteiger partial charge is 0.444 e. The molecular formula is C18H28N4O3. The van der Waals surface area contributed by atoms with Crippen molar-refractivity contribution in [3.63, 3.8) is 0 Å². The summed E-state index contributed by atoms with van der Waals surface area (Å²) < 4.78 is 5.17. The smallest absolute Gasteiger partial charge is 0.408 e. The van der Waals surface area contributed by atoms with Gasteiger partial charge in [0.15, 0.2) is 0 Å². The van der Waals surface area contributed by atoms with Crippen LogP contribution in [0.25, 0.3) is 0 Å². The number of anilines is 2. The van der Waals surface area contributed by atoms with Crippen molar-refractivity contribution in [2.45, 2.75) is 65.0 Å². The summed E-state index contributed by atoms with van der Waals surface area (Å²) in [6.07, 6.45) is 3.38. The maximum absolute atomic E-state index is 12.4. The van der Waals surface area contributed by atoms with Gasteiger partial charge in [-0.25, -0.2) is 4.79 Å². The van der Waals surface area contributed by atoms with Gasteiger partial charge in [0.1, 0.15) is 11.6 Å². The number of amides is 2. The Morgan fingerprint density at radius 3 is 2.56 bits per heavy atom. The Kier molecular flexibility index (Phi) is 5.87. The lowest BCUT2D eigenvalue weighted by atomic mass is 10.2. The van der Waals surface area contributed by atoms with E-state index in [1.54, 1.807) is 33.9 Å². The Labute approximate surface area is 148 Å². The Morgan fingerprint density at radius 2 is 2.00 bits per heavy atom.